The summed E-state index contributed by atoms with van der Waals surface area (Å²) in [4.78, 5) is 5.20. The highest BCUT2D eigenvalue weighted by molar-refractivity contribution is 5.07. The fourth-order valence-electron chi connectivity index (χ4n) is 4.54. The Bertz CT molecular complexity index is 691. The summed E-state index contributed by atoms with van der Waals surface area (Å²) in [6, 6.07) is 4.19. The van der Waals surface area contributed by atoms with Gasteiger partial charge in [-0.3, -0.25) is 14.5 Å². The van der Waals surface area contributed by atoms with E-state index in [-0.39, 0.29) is 0 Å². The molecule has 0 bridgehead atoms. The summed E-state index contributed by atoms with van der Waals surface area (Å²) in [5.74, 6) is 2.12. The maximum absolute atomic E-state index is 5.76. The maximum atomic E-state index is 5.76. The molecule has 1 spiro atoms. The Morgan fingerprint density at radius 1 is 1.12 bits per heavy atom. The van der Waals surface area contributed by atoms with E-state index in [1.54, 1.807) is 0 Å². The van der Waals surface area contributed by atoms with Crippen LogP contribution >= 0.6 is 0 Å². The summed E-state index contributed by atoms with van der Waals surface area (Å²) in [5, 5.41) is 4.30. The number of nitrogens with zero attached hydrogens (tertiary/aromatic N) is 4. The van der Waals surface area contributed by atoms with E-state index in [9.17, 15) is 0 Å². The Hall–Kier alpha value is -1.59. The number of aryl methyl sites for hydroxylation is 2. The highest BCUT2D eigenvalue weighted by atomic mass is 16.3. The van der Waals surface area contributed by atoms with Crippen molar-refractivity contribution in [2.24, 2.45) is 12.5 Å². The molecule has 5 heteroatoms. The van der Waals surface area contributed by atoms with Crippen molar-refractivity contribution in [1.82, 2.24) is 19.6 Å². The Morgan fingerprint density at radius 2 is 1.96 bits per heavy atom. The van der Waals surface area contributed by atoms with Crippen molar-refractivity contribution in [3.63, 3.8) is 0 Å². The van der Waals surface area contributed by atoms with Gasteiger partial charge in [0.25, 0.3) is 0 Å². The minimum atomic E-state index is 0.474. The molecule has 0 N–H and O–H groups in total. The highest BCUT2D eigenvalue weighted by Gasteiger charge is 2.41. The van der Waals surface area contributed by atoms with Crippen molar-refractivity contribution in [3.8, 4) is 0 Å². The van der Waals surface area contributed by atoms with E-state index in [0.29, 0.717) is 5.41 Å². The van der Waals surface area contributed by atoms with Crippen LogP contribution in [-0.2, 0) is 20.1 Å². The summed E-state index contributed by atoms with van der Waals surface area (Å²) < 4.78 is 7.66. The molecule has 4 heterocycles. The molecular formula is C19H28N4O. The quantitative estimate of drug-likeness (QED) is 0.865. The van der Waals surface area contributed by atoms with Crippen LogP contribution in [0.25, 0.3) is 0 Å². The van der Waals surface area contributed by atoms with E-state index in [1.165, 1.54) is 51.0 Å². The van der Waals surface area contributed by atoms with E-state index < -0.39 is 0 Å². The minimum Gasteiger partial charge on any atom is -0.465 e. The predicted octanol–water partition coefficient (Wildman–Crippen LogP) is 2.81. The van der Waals surface area contributed by atoms with Gasteiger partial charge in [-0.05, 0) is 56.8 Å². The molecular weight excluding hydrogens is 300 g/mol. The lowest BCUT2D eigenvalue weighted by Gasteiger charge is -2.40. The van der Waals surface area contributed by atoms with Crippen molar-refractivity contribution >= 4 is 0 Å². The summed E-state index contributed by atoms with van der Waals surface area (Å²) in [7, 11) is 1.99. The van der Waals surface area contributed by atoms with Crippen molar-refractivity contribution in [2.45, 2.75) is 39.3 Å². The molecule has 24 heavy (non-hydrogen) atoms. The summed E-state index contributed by atoms with van der Waals surface area (Å²) in [5.41, 5.74) is 1.80. The molecule has 1 unspecified atom stereocenters. The van der Waals surface area contributed by atoms with Gasteiger partial charge in [-0.2, -0.15) is 5.10 Å². The van der Waals surface area contributed by atoms with Crippen LogP contribution in [0.1, 0.15) is 36.3 Å². The zero-order chi connectivity index (χ0) is 16.6. The van der Waals surface area contributed by atoms with Crippen LogP contribution in [-0.4, -0.2) is 45.8 Å². The van der Waals surface area contributed by atoms with Gasteiger partial charge in [-0.25, -0.2) is 0 Å². The molecule has 130 valence electrons. The van der Waals surface area contributed by atoms with Crippen LogP contribution in [0.15, 0.2) is 28.9 Å². The van der Waals surface area contributed by atoms with Crippen molar-refractivity contribution in [3.05, 3.63) is 41.6 Å². The van der Waals surface area contributed by atoms with Gasteiger partial charge in [-0.15, -0.1) is 0 Å². The number of likely N-dealkylation sites (tertiary alicyclic amines) is 2. The number of hydrogen-bond acceptors (Lipinski definition) is 4. The van der Waals surface area contributed by atoms with Gasteiger partial charge in [-0.1, -0.05) is 0 Å². The van der Waals surface area contributed by atoms with Gasteiger partial charge >= 0.3 is 0 Å². The van der Waals surface area contributed by atoms with Crippen LogP contribution in [0.5, 0.6) is 0 Å². The molecule has 2 aromatic heterocycles. The van der Waals surface area contributed by atoms with Gasteiger partial charge < -0.3 is 4.42 Å². The van der Waals surface area contributed by atoms with E-state index in [4.69, 9.17) is 4.42 Å². The van der Waals surface area contributed by atoms with Crippen LogP contribution in [0.2, 0.25) is 0 Å². The number of furan rings is 1. The molecule has 0 amide bonds. The molecule has 0 saturated carbocycles. The average Bonchev–Trinajstić information content (AvgIpc) is 3.23. The lowest BCUT2D eigenvalue weighted by atomic mass is 9.79. The molecule has 0 radical (unpaired) electrons. The first kappa shape index (κ1) is 15.9. The normalized spacial score (nSPS) is 25.8. The van der Waals surface area contributed by atoms with E-state index in [1.807, 2.05) is 24.9 Å². The second-order valence-corrected chi connectivity index (χ2v) is 7.81. The first-order chi connectivity index (χ1) is 11.6. The van der Waals surface area contributed by atoms with Gasteiger partial charge in [0.15, 0.2) is 0 Å². The average molecular weight is 328 g/mol. The first-order valence-electron chi connectivity index (χ1n) is 9.08. The smallest absolute Gasteiger partial charge is 0.118 e. The summed E-state index contributed by atoms with van der Waals surface area (Å²) in [6.45, 7) is 8.85. The number of rotatable bonds is 4. The van der Waals surface area contributed by atoms with E-state index >= 15 is 0 Å². The van der Waals surface area contributed by atoms with Crippen LogP contribution in [0.4, 0.5) is 0 Å². The minimum absolute atomic E-state index is 0.474. The Morgan fingerprint density at radius 3 is 2.67 bits per heavy atom. The fraction of sp³-hybridized carbons (Fsp3) is 0.632. The number of aromatic nitrogens is 2. The topological polar surface area (TPSA) is 37.4 Å². The van der Waals surface area contributed by atoms with Crippen molar-refractivity contribution in [2.75, 3.05) is 26.2 Å². The molecule has 2 saturated heterocycles. The van der Waals surface area contributed by atoms with Crippen molar-refractivity contribution < 1.29 is 4.42 Å². The fourth-order valence-corrected chi connectivity index (χ4v) is 4.54. The summed E-state index contributed by atoms with van der Waals surface area (Å²) in [6.07, 6.45) is 8.14. The molecule has 2 fully saturated rings. The van der Waals surface area contributed by atoms with Crippen molar-refractivity contribution in [1.29, 1.82) is 0 Å². The molecule has 2 aliphatic rings. The third kappa shape index (κ3) is 3.42. The first-order valence-corrected chi connectivity index (χ1v) is 9.08. The maximum Gasteiger partial charge on any atom is 0.118 e. The standard InChI is InChI=1S/C19H28N4O/c1-16-4-5-18(24-16)13-23-9-7-19(15-23)6-3-8-22(14-19)12-17-10-20-21(2)11-17/h4-5,10-11H,3,6-9,12-15H2,1-2H3. The lowest BCUT2D eigenvalue weighted by molar-refractivity contribution is 0.0858. The molecule has 4 rings (SSSR count). The lowest BCUT2D eigenvalue weighted by Crippen LogP contribution is -2.44. The highest BCUT2D eigenvalue weighted by Crippen LogP contribution is 2.39. The predicted molar refractivity (Wildman–Crippen MR) is 93.5 cm³/mol. The van der Waals surface area contributed by atoms with Gasteiger partial charge in [0.05, 0.1) is 12.7 Å². The second kappa shape index (κ2) is 6.37. The largest absolute Gasteiger partial charge is 0.465 e. The monoisotopic (exact) mass is 328 g/mol. The zero-order valence-electron chi connectivity index (χ0n) is 14.9. The zero-order valence-corrected chi connectivity index (χ0v) is 14.9. The Labute approximate surface area is 144 Å². The SMILES string of the molecule is Cc1ccc(CN2CCC3(CCCN(Cc4cnn(C)c4)C3)C2)o1. The molecule has 0 aromatic carbocycles. The second-order valence-electron chi connectivity index (χ2n) is 7.81. The summed E-state index contributed by atoms with van der Waals surface area (Å²) >= 11 is 0. The van der Waals surface area contributed by atoms with Gasteiger partial charge in [0, 0.05) is 38.4 Å². The number of piperidine rings is 1. The number of hydrogen-bond donors (Lipinski definition) is 0. The van der Waals surface area contributed by atoms with E-state index in [0.717, 1.165) is 24.6 Å². The molecule has 2 aliphatic heterocycles. The molecule has 2 aromatic rings. The van der Waals surface area contributed by atoms with Crippen LogP contribution in [0, 0.1) is 12.3 Å². The third-order valence-electron chi connectivity index (χ3n) is 5.60. The Kier molecular flexibility index (Phi) is 4.22. The van der Waals surface area contributed by atoms with Gasteiger partial charge in [0.1, 0.15) is 11.5 Å². The van der Waals surface area contributed by atoms with Crippen LogP contribution in [0.3, 0.4) is 0 Å². The van der Waals surface area contributed by atoms with E-state index in [2.05, 4.69) is 33.2 Å². The van der Waals surface area contributed by atoms with Crippen LogP contribution < -0.4 is 0 Å². The molecule has 5 nitrogen and oxygen atoms in total. The molecule has 1 atom stereocenters. The van der Waals surface area contributed by atoms with Gasteiger partial charge in [0.2, 0.25) is 0 Å². The molecule has 0 aliphatic carbocycles. The third-order valence-corrected chi connectivity index (χ3v) is 5.60. The Balaban J connectivity index is 1.36.